The zero-order valence-electron chi connectivity index (χ0n) is 14.3. The third-order valence-electron chi connectivity index (χ3n) is 5.15. The summed E-state index contributed by atoms with van der Waals surface area (Å²) in [6.45, 7) is 2.26. The summed E-state index contributed by atoms with van der Waals surface area (Å²) >= 11 is 0. The second kappa shape index (κ2) is 8.18. The Morgan fingerprint density at radius 2 is 1.38 bits per heavy atom. The second-order valence-electron chi connectivity index (χ2n) is 6.49. The zero-order chi connectivity index (χ0) is 15.4. The van der Waals surface area contributed by atoms with Crippen molar-refractivity contribution in [1.29, 1.82) is 0 Å². The molecule has 0 aliphatic heterocycles. The maximum atomic E-state index is 2.36. The van der Waals surface area contributed by atoms with Gasteiger partial charge in [0.05, 0.1) is 0 Å². The molecular weight excluding hydrogens is 438 g/mol. The average Bonchev–Trinajstić information content (AvgIpc) is 3.11. The van der Waals surface area contributed by atoms with E-state index in [1.54, 1.807) is 0 Å². The molecule has 0 aromatic heterocycles. The number of fused-ring (bicyclic) bond motifs is 4. The van der Waals surface area contributed by atoms with Gasteiger partial charge >= 0.3 is 26.2 Å². The topological polar surface area (TPSA) is 0 Å². The van der Waals surface area contributed by atoms with Gasteiger partial charge in [-0.05, 0) is 18.1 Å². The largest absolute Gasteiger partial charge is 3.00 e. The van der Waals surface area contributed by atoms with Gasteiger partial charge in [-0.2, -0.15) is 0 Å². The van der Waals surface area contributed by atoms with Crippen LogP contribution in [0.5, 0.6) is 0 Å². The SMILES string of the molecule is CC1=Cc2ccccc2C1c1cccc2c1[cH-]c1ccccc12.[Cl-].[Cl-].[Zr+3]. The summed E-state index contributed by atoms with van der Waals surface area (Å²) in [6, 6.07) is 26.6. The molecule has 1 aliphatic carbocycles. The van der Waals surface area contributed by atoms with E-state index in [1.165, 1.54) is 43.8 Å². The van der Waals surface area contributed by atoms with Crippen LogP contribution >= 0.6 is 0 Å². The van der Waals surface area contributed by atoms with E-state index in [0.717, 1.165) is 0 Å². The Kier molecular flexibility index (Phi) is 6.62. The van der Waals surface area contributed by atoms with E-state index < -0.39 is 0 Å². The van der Waals surface area contributed by atoms with E-state index in [4.69, 9.17) is 0 Å². The molecular formula is C23H17Cl2Zr. The molecule has 0 heterocycles. The minimum Gasteiger partial charge on any atom is -1.00 e. The van der Waals surface area contributed by atoms with E-state index >= 15 is 0 Å². The van der Waals surface area contributed by atoms with Crippen molar-refractivity contribution in [3.8, 4) is 0 Å². The molecule has 0 bridgehead atoms. The van der Waals surface area contributed by atoms with Gasteiger partial charge in [0, 0.05) is 5.92 Å². The summed E-state index contributed by atoms with van der Waals surface area (Å²) in [6.07, 6.45) is 2.33. The molecule has 0 saturated carbocycles. The number of halogens is 2. The zero-order valence-corrected chi connectivity index (χ0v) is 18.3. The molecule has 4 aromatic carbocycles. The van der Waals surface area contributed by atoms with Gasteiger partial charge in [0.25, 0.3) is 0 Å². The van der Waals surface area contributed by atoms with Gasteiger partial charge < -0.3 is 24.8 Å². The minimum atomic E-state index is 0. The maximum absolute atomic E-state index is 2.36. The first-order chi connectivity index (χ1) is 11.3. The maximum Gasteiger partial charge on any atom is 3.00 e. The fourth-order valence-electron chi connectivity index (χ4n) is 4.15. The van der Waals surface area contributed by atoms with Crippen molar-refractivity contribution in [2.45, 2.75) is 12.8 Å². The monoisotopic (exact) mass is 453 g/mol. The van der Waals surface area contributed by atoms with Gasteiger partial charge in [-0.25, -0.2) is 0 Å². The predicted molar refractivity (Wildman–Crippen MR) is 99.0 cm³/mol. The number of hydrogen-bond donors (Lipinski definition) is 0. The van der Waals surface area contributed by atoms with Crippen molar-refractivity contribution >= 4 is 27.6 Å². The van der Waals surface area contributed by atoms with Crippen LogP contribution in [0.4, 0.5) is 0 Å². The summed E-state index contributed by atoms with van der Waals surface area (Å²) in [5, 5.41) is 5.46. The molecule has 0 fully saturated rings. The Hall–Kier alpha value is -1.27. The Bertz CT molecular complexity index is 1090. The molecule has 4 aromatic rings. The smallest absolute Gasteiger partial charge is 1.00 e. The van der Waals surface area contributed by atoms with Gasteiger partial charge in [-0.3, -0.25) is 0 Å². The van der Waals surface area contributed by atoms with Crippen molar-refractivity contribution in [3.63, 3.8) is 0 Å². The summed E-state index contributed by atoms with van der Waals surface area (Å²) in [5.74, 6) is 0.381. The quantitative estimate of drug-likeness (QED) is 0.362. The van der Waals surface area contributed by atoms with Crippen LogP contribution in [-0.2, 0) is 26.2 Å². The normalized spacial score (nSPS) is 14.8. The van der Waals surface area contributed by atoms with Crippen molar-refractivity contribution in [2.24, 2.45) is 0 Å². The van der Waals surface area contributed by atoms with E-state index in [1.807, 2.05) is 0 Å². The molecule has 1 aliphatic rings. The molecule has 127 valence electrons. The van der Waals surface area contributed by atoms with Crippen molar-refractivity contribution in [1.82, 2.24) is 0 Å². The van der Waals surface area contributed by atoms with Crippen LogP contribution < -0.4 is 24.8 Å². The van der Waals surface area contributed by atoms with E-state index in [2.05, 4.69) is 85.8 Å². The van der Waals surface area contributed by atoms with E-state index in [9.17, 15) is 0 Å². The number of benzene rings is 3. The van der Waals surface area contributed by atoms with Crippen molar-refractivity contribution < 1.29 is 51.0 Å². The fourth-order valence-corrected chi connectivity index (χ4v) is 4.15. The second-order valence-corrected chi connectivity index (χ2v) is 6.49. The van der Waals surface area contributed by atoms with Crippen LogP contribution in [0.1, 0.15) is 29.5 Å². The first-order valence-corrected chi connectivity index (χ1v) is 8.17. The molecule has 0 saturated heterocycles. The molecule has 26 heavy (non-hydrogen) atoms. The summed E-state index contributed by atoms with van der Waals surface area (Å²) in [5.41, 5.74) is 5.66. The number of rotatable bonds is 1. The predicted octanol–water partition coefficient (Wildman–Crippen LogP) is 0.266. The van der Waals surface area contributed by atoms with Crippen LogP contribution in [0.15, 0.2) is 78.4 Å². The Labute approximate surface area is 185 Å². The van der Waals surface area contributed by atoms with Gasteiger partial charge in [0.2, 0.25) is 0 Å². The first kappa shape index (κ1) is 21.0. The molecule has 0 N–H and O–H groups in total. The molecule has 0 amide bonds. The van der Waals surface area contributed by atoms with Gasteiger partial charge in [0.15, 0.2) is 0 Å². The molecule has 3 heteroatoms. The number of allylic oxidation sites excluding steroid dienone is 1. The summed E-state index contributed by atoms with van der Waals surface area (Å²) < 4.78 is 0. The molecule has 5 rings (SSSR count). The van der Waals surface area contributed by atoms with E-state index in [0.29, 0.717) is 5.92 Å². The Morgan fingerprint density at radius 3 is 2.23 bits per heavy atom. The third kappa shape index (κ3) is 3.11. The minimum absolute atomic E-state index is 0. The molecule has 0 spiro atoms. The van der Waals surface area contributed by atoms with Crippen LogP contribution in [0.3, 0.4) is 0 Å². The fraction of sp³-hybridized carbons (Fsp3) is 0.0870. The van der Waals surface area contributed by atoms with Crippen molar-refractivity contribution in [3.05, 3.63) is 95.1 Å². The Balaban J connectivity index is 0.000000810. The molecule has 1 radical (unpaired) electrons. The summed E-state index contributed by atoms with van der Waals surface area (Å²) in [7, 11) is 0. The Morgan fingerprint density at radius 1 is 0.731 bits per heavy atom. The molecule has 1 atom stereocenters. The van der Waals surface area contributed by atoms with Gasteiger partial charge in [-0.1, -0.05) is 77.9 Å². The van der Waals surface area contributed by atoms with Crippen LogP contribution in [0.2, 0.25) is 0 Å². The van der Waals surface area contributed by atoms with Crippen LogP contribution in [0.25, 0.3) is 27.6 Å². The van der Waals surface area contributed by atoms with Crippen LogP contribution in [-0.4, -0.2) is 0 Å². The average molecular weight is 456 g/mol. The molecule has 0 nitrogen and oxygen atoms in total. The van der Waals surface area contributed by atoms with Crippen molar-refractivity contribution in [2.75, 3.05) is 0 Å². The molecule has 1 unspecified atom stereocenters. The van der Waals surface area contributed by atoms with Gasteiger partial charge in [-0.15, -0.1) is 33.7 Å². The first-order valence-electron chi connectivity index (χ1n) is 8.17. The van der Waals surface area contributed by atoms with E-state index in [-0.39, 0.29) is 51.0 Å². The number of hydrogen-bond acceptors (Lipinski definition) is 0. The summed E-state index contributed by atoms with van der Waals surface area (Å²) in [4.78, 5) is 0. The third-order valence-corrected chi connectivity index (χ3v) is 5.15. The standard InChI is InChI=1S/C23H17.2ClH.Zr/c1-15-13-16-7-3-5-10-19(16)23(15)21-12-6-11-20-18-9-4-2-8-17(18)14-22(20)21;;;/h2-14,23H,1H3;2*1H;/q-1;;;+3/p-2. The van der Waals surface area contributed by atoms with Gasteiger partial charge in [0.1, 0.15) is 0 Å². The van der Waals surface area contributed by atoms with Crippen LogP contribution in [0, 0.1) is 0 Å².